The van der Waals surface area contributed by atoms with E-state index in [2.05, 4.69) is 0 Å². The summed E-state index contributed by atoms with van der Waals surface area (Å²) >= 11 is 5.89. The van der Waals surface area contributed by atoms with Crippen LogP contribution in [0.25, 0.3) is 10.9 Å². The summed E-state index contributed by atoms with van der Waals surface area (Å²) in [7, 11) is -4.03. The fraction of sp³-hybridized carbons (Fsp3) is 0.118. The summed E-state index contributed by atoms with van der Waals surface area (Å²) in [6.07, 6.45) is -0.413. The molecule has 5 nitrogen and oxygen atoms in total. The monoisotopic (exact) mass is 381 g/mol. The van der Waals surface area contributed by atoms with Crippen LogP contribution in [0.15, 0.2) is 47.4 Å². The number of carboxylic acids is 1. The minimum atomic E-state index is -4.03. The molecule has 0 saturated carbocycles. The van der Waals surface area contributed by atoms with Crippen molar-refractivity contribution in [3.05, 3.63) is 64.6 Å². The van der Waals surface area contributed by atoms with Gasteiger partial charge in [-0.05, 0) is 48.9 Å². The molecule has 0 fully saturated rings. The van der Waals surface area contributed by atoms with Crippen molar-refractivity contribution >= 4 is 38.5 Å². The Kier molecular flexibility index (Phi) is 4.30. The Morgan fingerprint density at radius 2 is 1.96 bits per heavy atom. The van der Waals surface area contributed by atoms with Gasteiger partial charge in [0.1, 0.15) is 5.82 Å². The number of rotatable bonds is 4. The first-order valence-corrected chi connectivity index (χ1v) is 9.06. The summed E-state index contributed by atoms with van der Waals surface area (Å²) in [6.45, 7) is 1.50. The Balaban J connectivity index is 2.36. The van der Waals surface area contributed by atoms with E-state index < -0.39 is 28.2 Å². The molecule has 1 N–H and O–H groups in total. The Hall–Kier alpha value is -2.38. The highest BCUT2D eigenvalue weighted by molar-refractivity contribution is 7.90. The maximum absolute atomic E-state index is 13.6. The summed E-state index contributed by atoms with van der Waals surface area (Å²) in [4.78, 5) is 11.1. The quantitative estimate of drug-likeness (QED) is 0.749. The Labute approximate surface area is 148 Å². The zero-order chi connectivity index (χ0) is 18.4. The minimum absolute atomic E-state index is 0.0359. The van der Waals surface area contributed by atoms with Crippen molar-refractivity contribution in [2.45, 2.75) is 18.2 Å². The molecule has 1 aromatic heterocycles. The molecular formula is C17H13ClFNO4S. The molecule has 0 unspecified atom stereocenters. The molecule has 0 aliphatic carbocycles. The van der Waals surface area contributed by atoms with Gasteiger partial charge in [-0.15, -0.1) is 0 Å². The molecule has 3 aromatic rings. The van der Waals surface area contributed by atoms with E-state index in [1.165, 1.54) is 31.2 Å². The van der Waals surface area contributed by atoms with Crippen LogP contribution in [0.2, 0.25) is 5.02 Å². The van der Waals surface area contributed by atoms with Gasteiger partial charge < -0.3 is 5.11 Å². The normalized spacial score (nSPS) is 11.8. The molecule has 130 valence electrons. The minimum Gasteiger partial charge on any atom is -0.481 e. The SMILES string of the molecule is Cc1c(CC(=O)O)c2cc(F)ccc2n1S(=O)(=O)c1cccc(Cl)c1. The van der Waals surface area contributed by atoms with Crippen molar-refractivity contribution in [2.24, 2.45) is 0 Å². The van der Waals surface area contributed by atoms with Crippen LogP contribution in [-0.4, -0.2) is 23.5 Å². The third-order valence-corrected chi connectivity index (χ3v) is 5.94. The lowest BCUT2D eigenvalue weighted by Gasteiger charge is -2.10. The van der Waals surface area contributed by atoms with Crippen LogP contribution in [0, 0.1) is 12.7 Å². The molecular weight excluding hydrogens is 369 g/mol. The summed E-state index contributed by atoms with van der Waals surface area (Å²) < 4.78 is 40.8. The van der Waals surface area contributed by atoms with Crippen LogP contribution in [0.5, 0.6) is 0 Å². The van der Waals surface area contributed by atoms with E-state index in [-0.39, 0.29) is 32.1 Å². The van der Waals surface area contributed by atoms with Crippen LogP contribution in [-0.2, 0) is 21.2 Å². The van der Waals surface area contributed by atoms with Crippen LogP contribution >= 0.6 is 11.6 Å². The van der Waals surface area contributed by atoms with E-state index in [1.807, 2.05) is 0 Å². The van der Waals surface area contributed by atoms with Gasteiger partial charge in [0.2, 0.25) is 0 Å². The molecule has 0 radical (unpaired) electrons. The number of hydrogen-bond donors (Lipinski definition) is 1. The van der Waals surface area contributed by atoms with E-state index in [9.17, 15) is 17.6 Å². The first kappa shape index (κ1) is 17.4. The second-order valence-electron chi connectivity index (χ2n) is 5.52. The lowest BCUT2D eigenvalue weighted by molar-refractivity contribution is -0.136. The zero-order valence-electron chi connectivity index (χ0n) is 13.0. The van der Waals surface area contributed by atoms with E-state index in [4.69, 9.17) is 16.7 Å². The van der Waals surface area contributed by atoms with Gasteiger partial charge in [-0.3, -0.25) is 4.79 Å². The average Bonchev–Trinajstić information content (AvgIpc) is 2.79. The summed E-state index contributed by atoms with van der Waals surface area (Å²) in [5.41, 5.74) is 0.700. The van der Waals surface area contributed by atoms with Gasteiger partial charge in [0.05, 0.1) is 16.8 Å². The van der Waals surface area contributed by atoms with Gasteiger partial charge in [-0.2, -0.15) is 0 Å². The maximum Gasteiger partial charge on any atom is 0.307 e. The van der Waals surface area contributed by atoms with Crippen molar-refractivity contribution in [3.8, 4) is 0 Å². The van der Waals surface area contributed by atoms with Crippen LogP contribution < -0.4 is 0 Å². The largest absolute Gasteiger partial charge is 0.481 e. The molecule has 0 saturated heterocycles. The highest BCUT2D eigenvalue weighted by Gasteiger charge is 2.26. The zero-order valence-corrected chi connectivity index (χ0v) is 14.6. The summed E-state index contributed by atoms with van der Waals surface area (Å²) in [6, 6.07) is 9.36. The standard InChI is InChI=1S/C17H13ClFNO4S/c1-10-14(9-17(21)22)15-8-12(19)5-6-16(15)20(10)25(23,24)13-4-2-3-11(18)7-13/h2-8H,9H2,1H3,(H,21,22). The number of nitrogens with zero attached hydrogens (tertiary/aromatic N) is 1. The molecule has 25 heavy (non-hydrogen) atoms. The number of aromatic nitrogens is 1. The number of hydrogen-bond acceptors (Lipinski definition) is 3. The topological polar surface area (TPSA) is 76.4 Å². The number of carbonyl (C=O) groups is 1. The summed E-state index contributed by atoms with van der Waals surface area (Å²) in [5, 5.41) is 9.63. The highest BCUT2D eigenvalue weighted by atomic mass is 35.5. The van der Waals surface area contributed by atoms with Gasteiger partial charge >= 0.3 is 5.97 Å². The lowest BCUT2D eigenvalue weighted by Crippen LogP contribution is -2.15. The van der Waals surface area contributed by atoms with E-state index in [0.717, 1.165) is 16.1 Å². The molecule has 0 atom stereocenters. The first-order chi connectivity index (χ1) is 11.7. The van der Waals surface area contributed by atoms with Crippen LogP contribution in [0.3, 0.4) is 0 Å². The summed E-state index contributed by atoms with van der Waals surface area (Å²) in [5.74, 6) is -1.71. The molecule has 2 aromatic carbocycles. The van der Waals surface area contributed by atoms with Gasteiger partial charge in [-0.1, -0.05) is 17.7 Å². The second kappa shape index (κ2) is 6.16. The number of fused-ring (bicyclic) bond motifs is 1. The molecule has 0 aliphatic heterocycles. The van der Waals surface area contributed by atoms with Crippen molar-refractivity contribution in [1.29, 1.82) is 0 Å². The molecule has 8 heteroatoms. The van der Waals surface area contributed by atoms with E-state index in [1.54, 1.807) is 6.07 Å². The smallest absolute Gasteiger partial charge is 0.307 e. The Morgan fingerprint density at radius 1 is 1.24 bits per heavy atom. The Bertz CT molecular complexity index is 1110. The fourth-order valence-electron chi connectivity index (χ4n) is 2.84. The number of halogens is 2. The molecule has 0 bridgehead atoms. The van der Waals surface area contributed by atoms with Gasteiger partial charge in [0, 0.05) is 16.1 Å². The average molecular weight is 382 g/mol. The highest BCUT2D eigenvalue weighted by Crippen LogP contribution is 2.31. The van der Waals surface area contributed by atoms with Crippen molar-refractivity contribution < 1.29 is 22.7 Å². The third-order valence-electron chi connectivity index (χ3n) is 3.91. The predicted octanol–water partition coefficient (Wildman–Crippen LogP) is 3.61. The van der Waals surface area contributed by atoms with E-state index >= 15 is 0 Å². The van der Waals surface area contributed by atoms with Gasteiger partial charge in [-0.25, -0.2) is 16.8 Å². The van der Waals surface area contributed by atoms with Crippen molar-refractivity contribution in [2.75, 3.05) is 0 Å². The lowest BCUT2D eigenvalue weighted by atomic mass is 10.1. The second-order valence-corrected chi connectivity index (χ2v) is 7.75. The number of carboxylic acid groups (broad SMARTS) is 1. The fourth-order valence-corrected chi connectivity index (χ4v) is 4.72. The first-order valence-electron chi connectivity index (χ1n) is 7.24. The van der Waals surface area contributed by atoms with Crippen LogP contribution in [0.1, 0.15) is 11.3 Å². The van der Waals surface area contributed by atoms with Gasteiger partial charge in [0.25, 0.3) is 10.0 Å². The predicted molar refractivity (Wildman–Crippen MR) is 92.0 cm³/mol. The van der Waals surface area contributed by atoms with Gasteiger partial charge in [0.15, 0.2) is 0 Å². The molecule has 1 heterocycles. The number of benzene rings is 2. The van der Waals surface area contributed by atoms with Crippen LogP contribution in [0.4, 0.5) is 4.39 Å². The van der Waals surface area contributed by atoms with Crippen molar-refractivity contribution in [3.63, 3.8) is 0 Å². The third kappa shape index (κ3) is 3.01. The number of aliphatic carboxylic acids is 1. The molecule has 0 spiro atoms. The molecule has 3 rings (SSSR count). The molecule has 0 aliphatic rings. The Morgan fingerprint density at radius 3 is 2.60 bits per heavy atom. The maximum atomic E-state index is 13.6. The van der Waals surface area contributed by atoms with Crippen molar-refractivity contribution in [1.82, 2.24) is 3.97 Å². The van der Waals surface area contributed by atoms with E-state index in [0.29, 0.717) is 0 Å². The molecule has 0 amide bonds.